The van der Waals surface area contributed by atoms with Crippen LogP contribution in [0.3, 0.4) is 0 Å². The summed E-state index contributed by atoms with van der Waals surface area (Å²) in [6.07, 6.45) is 1.70. The van der Waals surface area contributed by atoms with Crippen molar-refractivity contribution >= 4 is 50.7 Å². The number of methoxy groups -OCH3 is 1. The van der Waals surface area contributed by atoms with E-state index in [0.29, 0.717) is 54.3 Å². The molecule has 0 unspecified atom stereocenters. The molecule has 0 saturated carbocycles. The number of nitrogens with two attached hydrogens (primary N) is 1. The van der Waals surface area contributed by atoms with Gasteiger partial charge in [-0.15, -0.1) is 0 Å². The van der Waals surface area contributed by atoms with Gasteiger partial charge in [-0.1, -0.05) is 47.7 Å². The van der Waals surface area contributed by atoms with Gasteiger partial charge in [0.1, 0.15) is 0 Å². The van der Waals surface area contributed by atoms with E-state index in [4.69, 9.17) is 24.9 Å². The highest BCUT2D eigenvalue weighted by molar-refractivity contribution is 9.10. The van der Waals surface area contributed by atoms with Crippen molar-refractivity contribution in [2.24, 2.45) is 10.7 Å². The van der Waals surface area contributed by atoms with Crippen molar-refractivity contribution in [3.05, 3.63) is 107 Å². The fourth-order valence-electron chi connectivity index (χ4n) is 4.93. The number of aromatic hydroxyl groups is 1. The van der Waals surface area contributed by atoms with E-state index in [2.05, 4.69) is 15.9 Å². The fourth-order valence-corrected chi connectivity index (χ4v) is 6.51. The molecule has 1 atom stereocenters. The molecule has 44 heavy (non-hydrogen) atoms. The maximum atomic E-state index is 14.1. The zero-order valence-electron chi connectivity index (χ0n) is 24.0. The normalized spacial score (nSPS) is 14.5. The Labute approximate surface area is 264 Å². The number of hydrogen-bond donors (Lipinski definition) is 2. The van der Waals surface area contributed by atoms with Crippen LogP contribution < -0.4 is 34.8 Å². The monoisotopic (exact) mass is 677 g/mol. The third kappa shape index (κ3) is 6.03. The number of phenolic OH excluding ortho intramolecular Hbond substituents is 1. The maximum absolute atomic E-state index is 14.1. The predicted molar refractivity (Wildman–Crippen MR) is 170 cm³/mol. The van der Waals surface area contributed by atoms with E-state index in [1.807, 2.05) is 37.3 Å². The van der Waals surface area contributed by atoms with Crippen LogP contribution in [0.4, 0.5) is 0 Å². The highest BCUT2D eigenvalue weighted by Crippen LogP contribution is 2.39. The van der Waals surface area contributed by atoms with Crippen molar-refractivity contribution in [3.63, 3.8) is 0 Å². The van der Waals surface area contributed by atoms with Crippen molar-refractivity contribution < 1.29 is 28.9 Å². The van der Waals surface area contributed by atoms with E-state index in [0.717, 1.165) is 5.56 Å². The number of thiazole rings is 1. The highest BCUT2D eigenvalue weighted by Gasteiger charge is 2.33. The number of allylic oxidation sites excluding steroid dienone is 1. The predicted octanol–water partition coefficient (Wildman–Crippen LogP) is 3.70. The van der Waals surface area contributed by atoms with Crippen LogP contribution in [-0.2, 0) is 9.59 Å². The number of Topliss-reactive ketones (excluding diaryl/α,β-unsaturated/α-hetero) is 1. The minimum atomic E-state index is -0.842. The summed E-state index contributed by atoms with van der Waals surface area (Å²) >= 11 is 4.65. The molecule has 0 aliphatic carbocycles. The number of aromatic nitrogens is 1. The van der Waals surface area contributed by atoms with E-state index in [9.17, 15) is 19.5 Å². The van der Waals surface area contributed by atoms with Crippen LogP contribution in [0.5, 0.6) is 23.0 Å². The Hall–Kier alpha value is -4.68. The second kappa shape index (κ2) is 12.9. The van der Waals surface area contributed by atoms with Crippen molar-refractivity contribution in [1.29, 1.82) is 0 Å². The number of amides is 1. The quantitative estimate of drug-likeness (QED) is 0.261. The molecule has 3 aromatic carbocycles. The standard InChI is InChI=1S/C32H28BrN3O7S/c1-4-42-24-13-18(12-21(33)30(24)43-16-26(34)39)14-25-31(40)36-29(20-10-11-22(38)23(15-20)41-3)27(17(2)37)28(35-32(36)44-25)19-8-6-5-7-9-19/h5-15,29,38H,4,16H2,1-3H3,(H2,34,39)/b25-14-/t29-/m0/s1. The number of benzene rings is 3. The smallest absolute Gasteiger partial charge is 0.271 e. The Morgan fingerprint density at radius 1 is 1.11 bits per heavy atom. The zero-order chi connectivity index (χ0) is 31.5. The number of carbonyl (C=O) groups excluding carboxylic acids is 2. The third-order valence-electron chi connectivity index (χ3n) is 6.77. The molecular weight excluding hydrogens is 650 g/mol. The van der Waals surface area contributed by atoms with Crippen LogP contribution in [-0.4, -0.2) is 41.7 Å². The second-order valence-corrected chi connectivity index (χ2v) is 11.6. The molecule has 1 aliphatic heterocycles. The molecule has 0 fully saturated rings. The van der Waals surface area contributed by atoms with Crippen LogP contribution in [0, 0.1) is 0 Å². The summed E-state index contributed by atoms with van der Waals surface area (Å²) in [6.45, 7) is 3.26. The van der Waals surface area contributed by atoms with Gasteiger partial charge < -0.3 is 25.1 Å². The van der Waals surface area contributed by atoms with Gasteiger partial charge in [-0.05, 0) is 71.2 Å². The van der Waals surface area contributed by atoms with Crippen molar-refractivity contribution in [3.8, 4) is 23.0 Å². The van der Waals surface area contributed by atoms with Gasteiger partial charge in [0.05, 0.1) is 34.5 Å². The molecule has 0 bridgehead atoms. The molecule has 12 heteroatoms. The third-order valence-corrected chi connectivity index (χ3v) is 8.34. The number of hydrogen-bond acceptors (Lipinski definition) is 9. The molecular formula is C32H28BrN3O7S. The van der Waals surface area contributed by atoms with Gasteiger partial charge in [0.25, 0.3) is 11.5 Å². The number of fused-ring (bicyclic) bond motifs is 1. The molecule has 226 valence electrons. The summed E-state index contributed by atoms with van der Waals surface area (Å²) in [5.41, 5.74) is 7.59. The Bertz CT molecular complexity index is 1980. The molecule has 0 saturated heterocycles. The van der Waals surface area contributed by atoms with E-state index in [1.54, 1.807) is 30.3 Å². The fraction of sp³-hybridized carbons (Fsp3) is 0.188. The minimum absolute atomic E-state index is 0.0702. The van der Waals surface area contributed by atoms with Crippen LogP contribution in [0.25, 0.3) is 11.8 Å². The van der Waals surface area contributed by atoms with Crippen molar-refractivity contribution in [2.75, 3.05) is 20.3 Å². The molecule has 2 heterocycles. The number of carbonyl (C=O) groups is 2. The van der Waals surface area contributed by atoms with Gasteiger partial charge in [-0.3, -0.25) is 19.0 Å². The van der Waals surface area contributed by atoms with Crippen molar-refractivity contribution in [1.82, 2.24) is 4.57 Å². The van der Waals surface area contributed by atoms with Gasteiger partial charge in [0.15, 0.2) is 40.2 Å². The lowest BCUT2D eigenvalue weighted by Gasteiger charge is -2.26. The molecule has 4 aromatic rings. The molecule has 10 nitrogen and oxygen atoms in total. The molecule has 1 aromatic heterocycles. The minimum Gasteiger partial charge on any atom is -0.504 e. The summed E-state index contributed by atoms with van der Waals surface area (Å²) in [7, 11) is 1.43. The van der Waals surface area contributed by atoms with Crippen molar-refractivity contribution in [2.45, 2.75) is 19.9 Å². The first-order valence-electron chi connectivity index (χ1n) is 13.5. The summed E-state index contributed by atoms with van der Waals surface area (Å²) in [4.78, 5) is 44.0. The Balaban J connectivity index is 1.75. The van der Waals surface area contributed by atoms with E-state index in [1.165, 1.54) is 36.0 Å². The number of ether oxygens (including phenoxy) is 3. The number of rotatable bonds is 10. The Kier molecular flexibility index (Phi) is 9.02. The Morgan fingerprint density at radius 3 is 2.52 bits per heavy atom. The topological polar surface area (TPSA) is 142 Å². The number of halogens is 1. The lowest BCUT2D eigenvalue weighted by atomic mass is 9.90. The molecule has 0 spiro atoms. The second-order valence-electron chi connectivity index (χ2n) is 9.72. The molecule has 0 radical (unpaired) electrons. The summed E-state index contributed by atoms with van der Waals surface area (Å²) in [6, 6.07) is 16.6. The first-order valence-corrected chi connectivity index (χ1v) is 15.1. The lowest BCUT2D eigenvalue weighted by Crippen LogP contribution is -2.39. The van der Waals surface area contributed by atoms with Crippen LogP contribution >= 0.6 is 27.3 Å². The molecule has 1 amide bonds. The number of primary amides is 1. The average Bonchev–Trinajstić information content (AvgIpc) is 3.30. The highest BCUT2D eigenvalue weighted by atomic mass is 79.9. The molecule has 3 N–H and O–H groups in total. The number of ketones is 1. The van der Waals surface area contributed by atoms with Crippen LogP contribution in [0.2, 0.25) is 0 Å². The van der Waals surface area contributed by atoms with Crippen LogP contribution in [0.1, 0.15) is 36.6 Å². The van der Waals surface area contributed by atoms with Gasteiger partial charge in [0.2, 0.25) is 0 Å². The average molecular weight is 679 g/mol. The Morgan fingerprint density at radius 2 is 1.86 bits per heavy atom. The lowest BCUT2D eigenvalue weighted by molar-refractivity contribution is -0.120. The van der Waals surface area contributed by atoms with E-state index in [-0.39, 0.29) is 29.4 Å². The summed E-state index contributed by atoms with van der Waals surface area (Å²) in [5, 5.41) is 10.3. The zero-order valence-corrected chi connectivity index (χ0v) is 26.4. The van der Waals surface area contributed by atoms with Gasteiger partial charge in [0, 0.05) is 11.1 Å². The summed E-state index contributed by atoms with van der Waals surface area (Å²) < 4.78 is 19.0. The number of phenols is 1. The van der Waals surface area contributed by atoms with Gasteiger partial charge in [-0.25, -0.2) is 4.99 Å². The summed E-state index contributed by atoms with van der Waals surface area (Å²) in [5.74, 6) is -0.0801. The first kappa shape index (κ1) is 30.8. The van der Waals surface area contributed by atoms with Crippen LogP contribution in [0.15, 0.2) is 80.5 Å². The van der Waals surface area contributed by atoms with Gasteiger partial charge >= 0.3 is 0 Å². The van der Waals surface area contributed by atoms with E-state index >= 15 is 0 Å². The van der Waals surface area contributed by atoms with Gasteiger partial charge in [-0.2, -0.15) is 0 Å². The number of nitrogens with zero attached hydrogens (tertiary/aromatic N) is 2. The first-order chi connectivity index (χ1) is 21.1. The maximum Gasteiger partial charge on any atom is 0.271 e. The molecule has 1 aliphatic rings. The largest absolute Gasteiger partial charge is 0.504 e. The van der Waals surface area contributed by atoms with E-state index < -0.39 is 11.9 Å². The molecule has 5 rings (SSSR count). The SMILES string of the molecule is CCOc1cc(/C=c2\sc3n(c2=O)[C@@H](c2ccc(O)c(OC)c2)C(C(C)=O)=C(c2ccccc2)N=3)cc(Br)c1OCC(N)=O.